The number of nitrogens with zero attached hydrogens (tertiary/aromatic N) is 1. The molecule has 0 aliphatic carbocycles. The fourth-order valence-electron chi connectivity index (χ4n) is 4.35. The van der Waals surface area contributed by atoms with Gasteiger partial charge in [0.05, 0.1) is 14.2 Å². The second-order valence-electron chi connectivity index (χ2n) is 8.63. The van der Waals surface area contributed by atoms with Gasteiger partial charge < -0.3 is 29.0 Å². The number of hydrogen-bond acceptors (Lipinski definition) is 7. The number of carboxylic acid groups (broad SMARTS) is 1. The second kappa shape index (κ2) is 12.8. The number of esters is 1. The molecule has 9 heteroatoms. The zero-order valence-corrected chi connectivity index (χ0v) is 20.9. The molecule has 0 bridgehead atoms. The summed E-state index contributed by atoms with van der Waals surface area (Å²) in [6.07, 6.45) is 2.65. The van der Waals surface area contributed by atoms with Crippen LogP contribution in [0.4, 0.5) is 0 Å². The number of carbonyl (C=O) groups is 3. The van der Waals surface area contributed by atoms with Gasteiger partial charge in [-0.2, -0.15) is 0 Å². The van der Waals surface area contributed by atoms with Crippen LogP contribution in [0, 0.1) is 0 Å². The normalized spacial score (nSPS) is 16.1. The lowest BCUT2D eigenvalue weighted by atomic mass is 9.99. The Morgan fingerprint density at radius 2 is 1.83 bits per heavy atom. The molecule has 0 spiro atoms. The van der Waals surface area contributed by atoms with Gasteiger partial charge in [0.2, 0.25) is 5.91 Å². The van der Waals surface area contributed by atoms with E-state index in [2.05, 4.69) is 0 Å². The molecule has 1 aliphatic rings. The van der Waals surface area contributed by atoms with Crippen LogP contribution >= 0.6 is 0 Å². The Morgan fingerprint density at radius 3 is 2.53 bits per heavy atom. The molecule has 36 heavy (non-hydrogen) atoms. The molecular weight excluding hydrogens is 466 g/mol. The molecule has 0 radical (unpaired) electrons. The van der Waals surface area contributed by atoms with Gasteiger partial charge in [0.1, 0.15) is 17.9 Å². The molecule has 1 amide bonds. The maximum absolute atomic E-state index is 13.2. The van der Waals surface area contributed by atoms with E-state index in [1.165, 1.54) is 6.92 Å². The number of methoxy groups -OCH3 is 2. The predicted molar refractivity (Wildman–Crippen MR) is 131 cm³/mol. The number of benzene rings is 2. The Morgan fingerprint density at radius 1 is 1.06 bits per heavy atom. The van der Waals surface area contributed by atoms with E-state index < -0.39 is 30.7 Å². The number of ether oxygens (including phenoxy) is 4. The highest BCUT2D eigenvalue weighted by molar-refractivity contribution is 5.83. The molecule has 1 N–H and O–H groups in total. The molecule has 3 rings (SSSR count). The number of amides is 1. The minimum atomic E-state index is -1.08. The number of carbonyl (C=O) groups excluding carboxylic acids is 2. The summed E-state index contributed by atoms with van der Waals surface area (Å²) >= 11 is 0. The Balaban J connectivity index is 1.83. The van der Waals surface area contributed by atoms with Crippen LogP contribution < -0.4 is 14.2 Å². The third kappa shape index (κ3) is 7.13. The highest BCUT2D eigenvalue weighted by Gasteiger charge is 2.33. The van der Waals surface area contributed by atoms with Gasteiger partial charge >= 0.3 is 11.9 Å². The molecule has 0 unspecified atom stereocenters. The van der Waals surface area contributed by atoms with E-state index in [-0.39, 0.29) is 5.91 Å². The Kier molecular flexibility index (Phi) is 9.55. The van der Waals surface area contributed by atoms with Crippen LogP contribution in [-0.4, -0.2) is 61.3 Å². The summed E-state index contributed by atoms with van der Waals surface area (Å²) in [4.78, 5) is 37.8. The van der Waals surface area contributed by atoms with Crippen LogP contribution in [0.3, 0.4) is 0 Å². The topological polar surface area (TPSA) is 112 Å². The first-order chi connectivity index (χ1) is 17.3. The van der Waals surface area contributed by atoms with Gasteiger partial charge in [-0.3, -0.25) is 4.79 Å². The van der Waals surface area contributed by atoms with E-state index in [1.54, 1.807) is 37.3 Å². The lowest BCUT2D eigenvalue weighted by Crippen LogP contribution is -2.48. The van der Waals surface area contributed by atoms with Crippen LogP contribution in [0.15, 0.2) is 42.5 Å². The first-order valence-electron chi connectivity index (χ1n) is 12.0. The summed E-state index contributed by atoms with van der Waals surface area (Å²) in [6, 6.07) is 11.9. The summed E-state index contributed by atoms with van der Waals surface area (Å²) < 4.78 is 22.0. The van der Waals surface area contributed by atoms with Crippen LogP contribution in [0.5, 0.6) is 17.2 Å². The van der Waals surface area contributed by atoms with Crippen molar-refractivity contribution in [3.8, 4) is 17.2 Å². The Bertz CT molecular complexity index is 1070. The van der Waals surface area contributed by atoms with Crippen molar-refractivity contribution in [2.24, 2.45) is 0 Å². The average molecular weight is 500 g/mol. The van der Waals surface area contributed by atoms with Gasteiger partial charge in [0.25, 0.3) is 0 Å². The van der Waals surface area contributed by atoms with Crippen LogP contribution in [0.1, 0.15) is 49.8 Å². The van der Waals surface area contributed by atoms with Crippen molar-refractivity contribution in [1.82, 2.24) is 4.90 Å². The van der Waals surface area contributed by atoms with Crippen molar-refractivity contribution in [1.29, 1.82) is 0 Å². The van der Waals surface area contributed by atoms with E-state index in [0.29, 0.717) is 48.6 Å². The van der Waals surface area contributed by atoms with Gasteiger partial charge in [0, 0.05) is 13.5 Å². The zero-order valence-electron chi connectivity index (χ0n) is 20.9. The van der Waals surface area contributed by atoms with Crippen LogP contribution in [-0.2, 0) is 25.5 Å². The van der Waals surface area contributed by atoms with E-state index in [9.17, 15) is 14.4 Å². The summed E-state index contributed by atoms with van der Waals surface area (Å²) in [5.41, 5.74) is 1.65. The molecule has 0 aromatic heterocycles. The quantitative estimate of drug-likeness (QED) is 0.465. The number of likely N-dealkylation sites (tertiary alicyclic amines) is 1. The first kappa shape index (κ1) is 26.8. The van der Waals surface area contributed by atoms with E-state index in [0.717, 1.165) is 18.4 Å². The van der Waals surface area contributed by atoms with Crippen molar-refractivity contribution in [3.05, 3.63) is 53.6 Å². The SMILES string of the molecule is COc1ccc(CC[C@@H](OC(=O)[C@@H]2CCCCN2C(C)=O)c2cccc(OCC(=O)O)c2)cc1OC. The second-order valence-corrected chi connectivity index (χ2v) is 8.63. The number of hydrogen-bond donors (Lipinski definition) is 1. The third-order valence-electron chi connectivity index (χ3n) is 6.17. The minimum Gasteiger partial charge on any atom is -0.493 e. The maximum atomic E-state index is 13.2. The third-order valence-corrected chi connectivity index (χ3v) is 6.17. The van der Waals surface area contributed by atoms with E-state index >= 15 is 0 Å². The fourth-order valence-corrected chi connectivity index (χ4v) is 4.35. The van der Waals surface area contributed by atoms with Gasteiger partial charge in [-0.25, -0.2) is 9.59 Å². The lowest BCUT2D eigenvalue weighted by Gasteiger charge is -2.34. The van der Waals surface area contributed by atoms with Crippen molar-refractivity contribution in [2.75, 3.05) is 27.4 Å². The largest absolute Gasteiger partial charge is 0.493 e. The Labute approximate surface area is 210 Å². The highest BCUT2D eigenvalue weighted by atomic mass is 16.5. The number of aliphatic carboxylic acids is 1. The van der Waals surface area contributed by atoms with Gasteiger partial charge in [-0.05, 0) is 67.5 Å². The maximum Gasteiger partial charge on any atom is 0.341 e. The molecule has 194 valence electrons. The van der Waals surface area contributed by atoms with Crippen molar-refractivity contribution in [3.63, 3.8) is 0 Å². The van der Waals surface area contributed by atoms with Gasteiger partial charge in [-0.1, -0.05) is 18.2 Å². The monoisotopic (exact) mass is 499 g/mol. The summed E-state index contributed by atoms with van der Waals surface area (Å²) in [6.45, 7) is 1.52. The smallest absolute Gasteiger partial charge is 0.341 e. The average Bonchev–Trinajstić information content (AvgIpc) is 2.89. The molecule has 1 saturated heterocycles. The number of piperidine rings is 1. The van der Waals surface area contributed by atoms with E-state index in [4.69, 9.17) is 24.1 Å². The molecular formula is C27H33NO8. The lowest BCUT2D eigenvalue weighted by molar-refractivity contribution is -0.161. The summed E-state index contributed by atoms with van der Waals surface area (Å²) in [5.74, 6) is -0.0914. The molecule has 1 fully saturated rings. The molecule has 0 saturated carbocycles. The van der Waals surface area contributed by atoms with E-state index in [1.807, 2.05) is 24.3 Å². The van der Waals surface area contributed by atoms with Crippen LogP contribution in [0.25, 0.3) is 0 Å². The highest BCUT2D eigenvalue weighted by Crippen LogP contribution is 2.32. The molecule has 2 atom stereocenters. The number of rotatable bonds is 11. The van der Waals surface area contributed by atoms with Crippen LogP contribution in [0.2, 0.25) is 0 Å². The number of carboxylic acids is 1. The zero-order chi connectivity index (χ0) is 26.1. The molecule has 2 aromatic carbocycles. The van der Waals surface area contributed by atoms with Gasteiger partial charge in [0.15, 0.2) is 18.1 Å². The predicted octanol–water partition coefficient (Wildman–Crippen LogP) is 3.79. The molecule has 2 aromatic rings. The van der Waals surface area contributed by atoms with Gasteiger partial charge in [-0.15, -0.1) is 0 Å². The van der Waals surface area contributed by atoms with Crippen molar-refractivity contribution >= 4 is 17.8 Å². The van der Waals surface area contributed by atoms with Crippen molar-refractivity contribution in [2.45, 2.75) is 51.2 Å². The molecule has 1 aliphatic heterocycles. The summed E-state index contributed by atoms with van der Waals surface area (Å²) in [7, 11) is 3.14. The standard InChI is InChI=1S/C27H33NO8/c1-18(29)28-14-5-4-9-22(28)27(32)36-23(20-7-6-8-21(16-20)35-17-26(30)31)12-10-19-11-13-24(33-2)25(15-19)34-3/h6-8,11,13,15-16,22-23H,4-5,9-10,12,14,17H2,1-3H3,(H,30,31)/t22-,23+/m0/s1. The minimum absolute atomic E-state index is 0.150. The first-order valence-corrected chi connectivity index (χ1v) is 12.0. The van der Waals surface area contributed by atoms with Crippen molar-refractivity contribution < 1.29 is 38.4 Å². The fraction of sp³-hybridized carbons (Fsp3) is 0.444. The summed E-state index contributed by atoms with van der Waals surface area (Å²) in [5, 5.41) is 8.93. The Hall–Kier alpha value is -3.75. The number of aryl methyl sites for hydroxylation is 1. The molecule has 9 nitrogen and oxygen atoms in total. The molecule has 1 heterocycles.